The number of hydrogen-bond acceptors (Lipinski definition) is 2. The average Bonchev–Trinajstić information content (AvgIpc) is 2.76. The summed E-state index contributed by atoms with van der Waals surface area (Å²) in [4.78, 5) is 11.0. The van der Waals surface area contributed by atoms with Crippen molar-refractivity contribution in [2.75, 3.05) is 6.61 Å². The number of carbonyl (C=O) groups excluding carboxylic acids is 1. The minimum atomic E-state index is -0.365. The maximum atomic E-state index is 11.0. The van der Waals surface area contributed by atoms with Crippen molar-refractivity contribution < 1.29 is 9.53 Å². The predicted octanol–water partition coefficient (Wildman–Crippen LogP) is 1.92. The van der Waals surface area contributed by atoms with Crippen LogP contribution in [0.4, 0.5) is 0 Å². The number of rotatable bonds is 2. The van der Waals surface area contributed by atoms with Crippen LogP contribution in [0.25, 0.3) is 0 Å². The summed E-state index contributed by atoms with van der Waals surface area (Å²) in [6.07, 6.45) is 8.04. The van der Waals surface area contributed by atoms with E-state index < -0.39 is 0 Å². The predicted molar refractivity (Wildman–Crippen MR) is 45.9 cm³/mol. The molecule has 1 aliphatic heterocycles. The first-order chi connectivity index (χ1) is 5.87. The molecule has 12 heavy (non-hydrogen) atoms. The van der Waals surface area contributed by atoms with Gasteiger partial charge in [0.15, 0.2) is 6.29 Å². The van der Waals surface area contributed by atoms with Crippen LogP contribution >= 0.6 is 0 Å². The Bertz CT molecular complexity index is 165. The normalized spacial score (nSPS) is 37.3. The fraction of sp³-hybridized carbons (Fsp3) is 0.900. The van der Waals surface area contributed by atoms with Crippen molar-refractivity contribution in [3.63, 3.8) is 0 Å². The van der Waals surface area contributed by atoms with Crippen molar-refractivity contribution in [2.24, 2.45) is 5.92 Å². The van der Waals surface area contributed by atoms with Crippen LogP contribution in [0.15, 0.2) is 0 Å². The lowest BCUT2D eigenvalue weighted by Crippen LogP contribution is -2.37. The van der Waals surface area contributed by atoms with Crippen LogP contribution in [0.1, 0.15) is 38.5 Å². The molecule has 0 radical (unpaired) electrons. The van der Waals surface area contributed by atoms with E-state index in [0.717, 1.165) is 25.7 Å². The van der Waals surface area contributed by atoms with E-state index in [-0.39, 0.29) is 5.60 Å². The molecule has 0 bridgehead atoms. The molecule has 0 spiro atoms. The minimum Gasteiger partial charge on any atom is -0.367 e. The molecule has 1 aliphatic carbocycles. The molecule has 1 unspecified atom stereocenters. The minimum absolute atomic E-state index is 0.365. The molecule has 1 saturated heterocycles. The van der Waals surface area contributed by atoms with Gasteiger partial charge >= 0.3 is 0 Å². The van der Waals surface area contributed by atoms with Gasteiger partial charge < -0.3 is 9.53 Å². The van der Waals surface area contributed by atoms with Crippen molar-refractivity contribution in [1.82, 2.24) is 0 Å². The van der Waals surface area contributed by atoms with Crippen LogP contribution < -0.4 is 0 Å². The van der Waals surface area contributed by atoms with Crippen molar-refractivity contribution in [3.8, 4) is 0 Å². The summed E-state index contributed by atoms with van der Waals surface area (Å²) < 4.78 is 5.61. The van der Waals surface area contributed by atoms with Crippen LogP contribution in [-0.2, 0) is 9.53 Å². The van der Waals surface area contributed by atoms with Gasteiger partial charge in [-0.15, -0.1) is 0 Å². The van der Waals surface area contributed by atoms with Crippen molar-refractivity contribution in [2.45, 2.75) is 44.1 Å². The third-order valence-electron chi connectivity index (χ3n) is 3.33. The Hall–Kier alpha value is -0.370. The van der Waals surface area contributed by atoms with E-state index in [9.17, 15) is 4.79 Å². The Morgan fingerprint density at radius 3 is 2.50 bits per heavy atom. The van der Waals surface area contributed by atoms with E-state index in [0.29, 0.717) is 5.92 Å². The van der Waals surface area contributed by atoms with Crippen LogP contribution in [-0.4, -0.2) is 18.5 Å². The Kier molecular flexibility index (Phi) is 2.18. The largest absolute Gasteiger partial charge is 0.367 e. The van der Waals surface area contributed by atoms with Gasteiger partial charge in [-0.25, -0.2) is 0 Å². The van der Waals surface area contributed by atoms with Gasteiger partial charge in [-0.3, -0.25) is 0 Å². The first kappa shape index (κ1) is 8.24. The van der Waals surface area contributed by atoms with E-state index in [1.165, 1.54) is 25.7 Å². The molecule has 1 heterocycles. The van der Waals surface area contributed by atoms with E-state index in [1.54, 1.807) is 0 Å². The van der Waals surface area contributed by atoms with Gasteiger partial charge in [0.05, 0.1) is 0 Å². The molecule has 0 N–H and O–H groups in total. The van der Waals surface area contributed by atoms with E-state index >= 15 is 0 Å². The quantitative estimate of drug-likeness (QED) is 0.589. The van der Waals surface area contributed by atoms with Crippen LogP contribution in [0.2, 0.25) is 0 Å². The summed E-state index contributed by atoms with van der Waals surface area (Å²) in [6.45, 7) is 0.787. The molecule has 2 fully saturated rings. The third-order valence-corrected chi connectivity index (χ3v) is 3.33. The first-order valence-corrected chi connectivity index (χ1v) is 4.98. The second-order valence-corrected chi connectivity index (χ2v) is 4.01. The molecule has 0 amide bonds. The van der Waals surface area contributed by atoms with Crippen LogP contribution in [0.5, 0.6) is 0 Å². The van der Waals surface area contributed by atoms with Gasteiger partial charge in [-0.1, -0.05) is 12.8 Å². The number of carbonyl (C=O) groups is 1. The molecule has 1 saturated carbocycles. The maximum absolute atomic E-state index is 11.0. The molecular formula is C10H16O2. The lowest BCUT2D eigenvalue weighted by atomic mass is 9.85. The summed E-state index contributed by atoms with van der Waals surface area (Å²) in [5.41, 5.74) is -0.365. The zero-order chi connectivity index (χ0) is 8.44. The molecule has 0 aromatic heterocycles. The Morgan fingerprint density at radius 1 is 1.25 bits per heavy atom. The van der Waals surface area contributed by atoms with Gasteiger partial charge in [0.1, 0.15) is 5.60 Å². The zero-order valence-corrected chi connectivity index (χ0v) is 7.42. The highest BCUT2D eigenvalue weighted by molar-refractivity contribution is 5.63. The zero-order valence-electron chi connectivity index (χ0n) is 7.42. The molecule has 2 heteroatoms. The van der Waals surface area contributed by atoms with E-state index in [2.05, 4.69) is 0 Å². The lowest BCUT2D eigenvalue weighted by molar-refractivity contribution is -0.131. The number of hydrogen-bond donors (Lipinski definition) is 0. The number of aldehydes is 1. The molecule has 0 aromatic rings. The fourth-order valence-electron chi connectivity index (χ4n) is 2.61. The second-order valence-electron chi connectivity index (χ2n) is 4.01. The summed E-state index contributed by atoms with van der Waals surface area (Å²) in [5, 5.41) is 0. The molecule has 68 valence electrons. The van der Waals surface area contributed by atoms with Gasteiger partial charge in [0.2, 0.25) is 0 Å². The van der Waals surface area contributed by atoms with Crippen LogP contribution in [0.3, 0.4) is 0 Å². The highest BCUT2D eigenvalue weighted by atomic mass is 16.5. The Morgan fingerprint density at radius 2 is 2.00 bits per heavy atom. The fourth-order valence-corrected chi connectivity index (χ4v) is 2.61. The SMILES string of the molecule is O=CC1(C2CCCC2)CCCO1. The average molecular weight is 168 g/mol. The van der Waals surface area contributed by atoms with E-state index in [4.69, 9.17) is 4.74 Å². The Balaban J connectivity index is 2.09. The second kappa shape index (κ2) is 3.17. The number of ether oxygens (including phenoxy) is 1. The molecule has 0 aromatic carbocycles. The first-order valence-electron chi connectivity index (χ1n) is 4.98. The molecule has 2 nitrogen and oxygen atoms in total. The van der Waals surface area contributed by atoms with Gasteiger partial charge in [-0.05, 0) is 31.6 Å². The van der Waals surface area contributed by atoms with E-state index in [1.807, 2.05) is 0 Å². The molecule has 2 aliphatic rings. The third kappa shape index (κ3) is 1.18. The summed E-state index contributed by atoms with van der Waals surface area (Å²) >= 11 is 0. The Labute approximate surface area is 73.3 Å². The summed E-state index contributed by atoms with van der Waals surface area (Å²) in [6, 6.07) is 0. The molecular weight excluding hydrogens is 152 g/mol. The lowest BCUT2D eigenvalue weighted by Gasteiger charge is -2.28. The van der Waals surface area contributed by atoms with Gasteiger partial charge in [0, 0.05) is 6.61 Å². The highest BCUT2D eigenvalue weighted by Crippen LogP contribution is 2.40. The van der Waals surface area contributed by atoms with Gasteiger partial charge in [0.25, 0.3) is 0 Å². The van der Waals surface area contributed by atoms with Gasteiger partial charge in [-0.2, -0.15) is 0 Å². The highest BCUT2D eigenvalue weighted by Gasteiger charge is 2.43. The summed E-state index contributed by atoms with van der Waals surface area (Å²) in [7, 11) is 0. The van der Waals surface area contributed by atoms with Crippen molar-refractivity contribution in [3.05, 3.63) is 0 Å². The maximum Gasteiger partial charge on any atom is 0.152 e. The standard InChI is InChI=1S/C10H16O2/c11-8-10(6-3-7-12-10)9-4-1-2-5-9/h8-9H,1-7H2. The monoisotopic (exact) mass is 168 g/mol. The van der Waals surface area contributed by atoms with Crippen molar-refractivity contribution >= 4 is 6.29 Å². The molecule has 1 atom stereocenters. The molecule has 2 rings (SSSR count). The smallest absolute Gasteiger partial charge is 0.152 e. The topological polar surface area (TPSA) is 26.3 Å². The summed E-state index contributed by atoms with van der Waals surface area (Å²) in [5.74, 6) is 0.525. The van der Waals surface area contributed by atoms with Crippen molar-refractivity contribution in [1.29, 1.82) is 0 Å². The van der Waals surface area contributed by atoms with Crippen LogP contribution in [0, 0.1) is 5.92 Å².